The number of hydrogen-bond acceptors (Lipinski definition) is 3. The Hall–Kier alpha value is -3.14. The van der Waals surface area contributed by atoms with Crippen LogP contribution in [0.5, 0.6) is 0 Å². The van der Waals surface area contributed by atoms with Crippen molar-refractivity contribution in [2.24, 2.45) is 0 Å². The molecule has 0 atom stereocenters. The van der Waals surface area contributed by atoms with Crippen molar-refractivity contribution in [2.75, 3.05) is 5.73 Å². The van der Waals surface area contributed by atoms with E-state index in [0.29, 0.717) is 5.69 Å². The molecule has 0 saturated heterocycles. The summed E-state index contributed by atoms with van der Waals surface area (Å²) < 4.78 is 0. The summed E-state index contributed by atoms with van der Waals surface area (Å²) in [5, 5.41) is 10.8. The first-order valence-corrected chi connectivity index (χ1v) is 7.31. The van der Waals surface area contributed by atoms with Gasteiger partial charge in [0.05, 0.1) is 4.92 Å². The molecular formula is C19H16N2O2. The fraction of sp³-hybridized carbons (Fsp3) is 0.0526. The molecule has 0 aliphatic rings. The monoisotopic (exact) mass is 304 g/mol. The van der Waals surface area contributed by atoms with Gasteiger partial charge in [-0.25, -0.2) is 0 Å². The lowest BCUT2D eigenvalue weighted by Crippen LogP contribution is -1.97. The third-order valence-electron chi connectivity index (χ3n) is 3.79. The van der Waals surface area contributed by atoms with Gasteiger partial charge in [-0.2, -0.15) is 0 Å². The number of nitrogen functional groups attached to an aromatic ring is 1. The van der Waals surface area contributed by atoms with E-state index in [1.807, 2.05) is 36.4 Å². The average molecular weight is 304 g/mol. The van der Waals surface area contributed by atoms with E-state index in [1.54, 1.807) is 12.1 Å². The van der Waals surface area contributed by atoms with Gasteiger partial charge < -0.3 is 5.73 Å². The molecule has 0 aromatic heterocycles. The fourth-order valence-corrected chi connectivity index (χ4v) is 2.68. The molecule has 0 fully saturated rings. The van der Waals surface area contributed by atoms with Gasteiger partial charge in [0.1, 0.15) is 0 Å². The average Bonchev–Trinajstić information content (AvgIpc) is 2.56. The lowest BCUT2D eigenvalue weighted by molar-refractivity contribution is -0.384. The standard InChI is InChI=1S/C19H16N2O2/c20-18-8-4-7-16(13-14-5-2-1-3-6-14)19(18)15-9-11-17(12-10-15)21(22)23/h1-12H,13,20H2. The van der Waals surface area contributed by atoms with Gasteiger partial charge in [0.2, 0.25) is 0 Å². The summed E-state index contributed by atoms with van der Waals surface area (Å²) in [6.45, 7) is 0. The Morgan fingerprint density at radius 3 is 2.22 bits per heavy atom. The molecule has 0 bridgehead atoms. The summed E-state index contributed by atoms with van der Waals surface area (Å²) in [5.41, 5.74) is 11.0. The van der Waals surface area contributed by atoms with Gasteiger partial charge in [-0.05, 0) is 41.3 Å². The number of nitro benzene ring substituents is 1. The molecule has 3 aromatic carbocycles. The van der Waals surface area contributed by atoms with Crippen molar-refractivity contribution in [1.82, 2.24) is 0 Å². The minimum Gasteiger partial charge on any atom is -0.398 e. The van der Waals surface area contributed by atoms with E-state index in [9.17, 15) is 10.1 Å². The normalized spacial score (nSPS) is 10.4. The zero-order valence-electron chi connectivity index (χ0n) is 12.5. The minimum atomic E-state index is -0.400. The van der Waals surface area contributed by atoms with Crippen LogP contribution in [0.4, 0.5) is 11.4 Å². The van der Waals surface area contributed by atoms with Crippen LogP contribution in [0.25, 0.3) is 11.1 Å². The highest BCUT2D eigenvalue weighted by molar-refractivity contribution is 5.80. The highest BCUT2D eigenvalue weighted by atomic mass is 16.6. The summed E-state index contributed by atoms with van der Waals surface area (Å²) >= 11 is 0. The number of benzene rings is 3. The van der Waals surface area contributed by atoms with Crippen molar-refractivity contribution >= 4 is 11.4 Å². The van der Waals surface area contributed by atoms with Gasteiger partial charge in [0, 0.05) is 23.4 Å². The van der Waals surface area contributed by atoms with Crippen molar-refractivity contribution in [3.8, 4) is 11.1 Å². The second kappa shape index (κ2) is 6.32. The molecule has 4 heteroatoms. The number of hydrogen-bond donors (Lipinski definition) is 1. The van der Waals surface area contributed by atoms with Crippen molar-refractivity contribution in [3.63, 3.8) is 0 Å². The van der Waals surface area contributed by atoms with Gasteiger partial charge in [-0.15, -0.1) is 0 Å². The highest BCUT2D eigenvalue weighted by Crippen LogP contribution is 2.32. The highest BCUT2D eigenvalue weighted by Gasteiger charge is 2.11. The first-order valence-electron chi connectivity index (χ1n) is 7.31. The fourth-order valence-electron chi connectivity index (χ4n) is 2.68. The van der Waals surface area contributed by atoms with Gasteiger partial charge in [-0.1, -0.05) is 42.5 Å². The molecule has 23 heavy (non-hydrogen) atoms. The first kappa shape index (κ1) is 14.8. The number of anilines is 1. The third kappa shape index (κ3) is 3.21. The van der Waals surface area contributed by atoms with E-state index in [2.05, 4.69) is 12.1 Å². The van der Waals surface area contributed by atoms with Crippen molar-refractivity contribution in [2.45, 2.75) is 6.42 Å². The molecule has 4 nitrogen and oxygen atoms in total. The molecule has 0 saturated carbocycles. The lowest BCUT2D eigenvalue weighted by Gasteiger charge is -2.13. The molecule has 3 aromatic rings. The van der Waals surface area contributed by atoms with Crippen LogP contribution in [-0.4, -0.2) is 4.92 Å². The van der Waals surface area contributed by atoms with Gasteiger partial charge >= 0.3 is 0 Å². The van der Waals surface area contributed by atoms with E-state index in [0.717, 1.165) is 23.1 Å². The molecule has 0 aliphatic heterocycles. The van der Waals surface area contributed by atoms with E-state index < -0.39 is 4.92 Å². The SMILES string of the molecule is Nc1cccc(Cc2ccccc2)c1-c1ccc([N+](=O)[O-])cc1. The second-order valence-electron chi connectivity index (χ2n) is 5.35. The Bertz CT molecular complexity index is 828. The summed E-state index contributed by atoms with van der Waals surface area (Å²) in [5.74, 6) is 0. The number of nitrogens with two attached hydrogens (primary N) is 1. The molecule has 3 rings (SSSR count). The third-order valence-corrected chi connectivity index (χ3v) is 3.79. The number of nitro groups is 1. The Morgan fingerprint density at radius 1 is 0.870 bits per heavy atom. The van der Waals surface area contributed by atoms with E-state index >= 15 is 0 Å². The zero-order chi connectivity index (χ0) is 16.2. The largest absolute Gasteiger partial charge is 0.398 e. The number of rotatable bonds is 4. The molecule has 2 N–H and O–H groups in total. The predicted molar refractivity (Wildman–Crippen MR) is 92.2 cm³/mol. The maximum atomic E-state index is 10.8. The summed E-state index contributed by atoms with van der Waals surface area (Å²) in [7, 11) is 0. The van der Waals surface area contributed by atoms with Crippen LogP contribution in [0.3, 0.4) is 0 Å². The molecule has 0 heterocycles. The van der Waals surface area contributed by atoms with Gasteiger partial charge in [-0.3, -0.25) is 10.1 Å². The minimum absolute atomic E-state index is 0.0767. The van der Waals surface area contributed by atoms with Crippen LogP contribution in [-0.2, 0) is 6.42 Å². The van der Waals surface area contributed by atoms with Crippen LogP contribution in [0, 0.1) is 10.1 Å². The Morgan fingerprint density at radius 2 is 1.57 bits per heavy atom. The Balaban J connectivity index is 2.03. The summed E-state index contributed by atoms with van der Waals surface area (Å²) in [4.78, 5) is 10.4. The molecule has 0 spiro atoms. The second-order valence-corrected chi connectivity index (χ2v) is 5.35. The maximum Gasteiger partial charge on any atom is 0.269 e. The van der Waals surface area contributed by atoms with Crippen LogP contribution < -0.4 is 5.73 Å². The number of nitrogens with zero attached hydrogens (tertiary/aromatic N) is 1. The Labute approximate surface area is 134 Å². The maximum absolute atomic E-state index is 10.8. The molecule has 114 valence electrons. The first-order chi connectivity index (χ1) is 11.1. The molecular weight excluding hydrogens is 288 g/mol. The van der Waals surface area contributed by atoms with Crippen LogP contribution in [0.15, 0.2) is 72.8 Å². The van der Waals surface area contributed by atoms with Gasteiger partial charge in [0.15, 0.2) is 0 Å². The van der Waals surface area contributed by atoms with Crippen molar-refractivity contribution < 1.29 is 4.92 Å². The summed E-state index contributed by atoms with van der Waals surface area (Å²) in [6, 6.07) is 22.5. The van der Waals surface area contributed by atoms with E-state index in [-0.39, 0.29) is 5.69 Å². The summed E-state index contributed by atoms with van der Waals surface area (Å²) in [6.07, 6.45) is 0.762. The topological polar surface area (TPSA) is 69.2 Å². The molecule has 0 amide bonds. The van der Waals surface area contributed by atoms with E-state index in [1.165, 1.54) is 17.7 Å². The predicted octanol–water partition coefficient (Wildman–Crippen LogP) is 4.43. The quantitative estimate of drug-likeness (QED) is 0.440. The van der Waals surface area contributed by atoms with Crippen LogP contribution >= 0.6 is 0 Å². The van der Waals surface area contributed by atoms with Crippen LogP contribution in [0.2, 0.25) is 0 Å². The Kier molecular flexibility index (Phi) is 4.06. The van der Waals surface area contributed by atoms with Crippen molar-refractivity contribution in [3.05, 3.63) is 94.0 Å². The molecule has 0 unspecified atom stereocenters. The lowest BCUT2D eigenvalue weighted by atomic mass is 9.93. The van der Waals surface area contributed by atoms with Crippen LogP contribution in [0.1, 0.15) is 11.1 Å². The number of non-ortho nitro benzene ring substituents is 1. The van der Waals surface area contributed by atoms with Crippen molar-refractivity contribution in [1.29, 1.82) is 0 Å². The van der Waals surface area contributed by atoms with E-state index in [4.69, 9.17) is 5.73 Å². The molecule has 0 aliphatic carbocycles. The smallest absolute Gasteiger partial charge is 0.269 e. The van der Waals surface area contributed by atoms with Gasteiger partial charge in [0.25, 0.3) is 5.69 Å². The molecule has 0 radical (unpaired) electrons. The zero-order valence-corrected chi connectivity index (χ0v) is 12.5.